The Hall–Kier alpha value is -0.630. The molecule has 0 aliphatic carbocycles. The molecule has 1 fully saturated rings. The highest BCUT2D eigenvalue weighted by Gasteiger charge is 2.11. The van der Waals surface area contributed by atoms with Crippen LogP contribution in [0.4, 0.5) is 0 Å². The first-order chi connectivity index (χ1) is 6.85. The van der Waals surface area contributed by atoms with E-state index in [1.165, 1.54) is 51.4 Å². The molecule has 2 nitrogen and oxygen atoms in total. The number of piperidine rings is 1. The van der Waals surface area contributed by atoms with Gasteiger partial charge in [-0.05, 0) is 57.8 Å². The average molecular weight is 196 g/mol. The Morgan fingerprint density at radius 1 is 1.43 bits per heavy atom. The van der Waals surface area contributed by atoms with Crippen LogP contribution in [0.15, 0.2) is 12.7 Å². The lowest BCUT2D eigenvalue weighted by Gasteiger charge is -2.21. The molecule has 2 heteroatoms. The molecule has 0 aromatic carbocycles. The van der Waals surface area contributed by atoms with Gasteiger partial charge in [-0.1, -0.05) is 12.5 Å². The molecule has 0 atom stereocenters. The maximum absolute atomic E-state index is 6.08. The summed E-state index contributed by atoms with van der Waals surface area (Å²) in [7, 11) is 0. The Balaban J connectivity index is 0.000000500. The van der Waals surface area contributed by atoms with Gasteiger partial charge in [0.05, 0.1) is 0 Å². The quantitative estimate of drug-likeness (QED) is 0.405. The van der Waals surface area contributed by atoms with Crippen molar-refractivity contribution in [3.05, 3.63) is 12.7 Å². The maximum atomic E-state index is 6.08. The van der Waals surface area contributed by atoms with Gasteiger partial charge >= 0.3 is 0 Å². The van der Waals surface area contributed by atoms with E-state index in [0.29, 0.717) is 0 Å². The normalized spacial score (nSPS) is 16.6. The standard InChI is InChI=1S/C10H19N.C2H5N/c1-2-3-4-5-10-6-8-11-9-7-10;1-2-3/h2,10-11H,1,3-9H2;2-3H,1H3. The highest BCUT2D eigenvalue weighted by Crippen LogP contribution is 2.18. The Kier molecular flexibility index (Phi) is 9.98. The molecule has 1 aliphatic rings. The summed E-state index contributed by atoms with van der Waals surface area (Å²) in [4.78, 5) is 0. The molecule has 0 aromatic heterocycles. The van der Waals surface area contributed by atoms with Crippen molar-refractivity contribution in [2.24, 2.45) is 5.92 Å². The van der Waals surface area contributed by atoms with E-state index in [2.05, 4.69) is 11.9 Å². The van der Waals surface area contributed by atoms with Crippen LogP contribution < -0.4 is 5.32 Å². The fourth-order valence-electron chi connectivity index (χ4n) is 1.72. The average Bonchev–Trinajstić information content (AvgIpc) is 2.21. The van der Waals surface area contributed by atoms with E-state index in [0.717, 1.165) is 5.92 Å². The van der Waals surface area contributed by atoms with E-state index >= 15 is 0 Å². The van der Waals surface area contributed by atoms with Crippen molar-refractivity contribution in [3.8, 4) is 0 Å². The summed E-state index contributed by atoms with van der Waals surface area (Å²) in [6, 6.07) is 0. The van der Waals surface area contributed by atoms with Gasteiger partial charge in [-0.25, -0.2) is 0 Å². The van der Waals surface area contributed by atoms with Gasteiger partial charge in [-0.15, -0.1) is 6.58 Å². The molecule has 0 spiro atoms. The topological polar surface area (TPSA) is 35.9 Å². The Labute approximate surface area is 88.3 Å². The van der Waals surface area contributed by atoms with Crippen LogP contribution in [0.3, 0.4) is 0 Å². The van der Waals surface area contributed by atoms with Crippen molar-refractivity contribution < 1.29 is 0 Å². The Morgan fingerprint density at radius 2 is 2.00 bits per heavy atom. The van der Waals surface area contributed by atoms with Gasteiger partial charge < -0.3 is 10.7 Å². The third-order valence-corrected chi connectivity index (χ3v) is 2.48. The van der Waals surface area contributed by atoms with E-state index in [1.807, 2.05) is 6.08 Å². The fraction of sp³-hybridized carbons (Fsp3) is 0.750. The van der Waals surface area contributed by atoms with Crippen molar-refractivity contribution >= 4 is 6.21 Å². The van der Waals surface area contributed by atoms with Crippen LogP contribution in [0.1, 0.15) is 39.0 Å². The van der Waals surface area contributed by atoms with Crippen LogP contribution in [-0.4, -0.2) is 19.3 Å². The summed E-state index contributed by atoms with van der Waals surface area (Å²) in [5.41, 5.74) is 0. The first kappa shape index (κ1) is 13.4. The molecule has 1 rings (SSSR count). The van der Waals surface area contributed by atoms with E-state index in [4.69, 9.17) is 5.41 Å². The van der Waals surface area contributed by atoms with Crippen LogP contribution in [0.2, 0.25) is 0 Å². The first-order valence-electron chi connectivity index (χ1n) is 5.61. The number of unbranched alkanes of at least 4 members (excludes halogenated alkanes) is 1. The van der Waals surface area contributed by atoms with Crippen LogP contribution in [0.25, 0.3) is 0 Å². The zero-order chi connectivity index (χ0) is 10.6. The highest BCUT2D eigenvalue weighted by molar-refractivity contribution is 5.48. The van der Waals surface area contributed by atoms with Crippen LogP contribution in [-0.2, 0) is 0 Å². The van der Waals surface area contributed by atoms with Crippen molar-refractivity contribution in [3.63, 3.8) is 0 Å². The molecule has 1 aliphatic heterocycles. The van der Waals surface area contributed by atoms with Crippen LogP contribution >= 0.6 is 0 Å². The summed E-state index contributed by atoms with van der Waals surface area (Å²) in [5.74, 6) is 0.996. The maximum Gasteiger partial charge on any atom is -0.00463 e. The second-order valence-electron chi connectivity index (χ2n) is 3.70. The van der Waals surface area contributed by atoms with Crippen LogP contribution in [0.5, 0.6) is 0 Å². The monoisotopic (exact) mass is 196 g/mol. The second kappa shape index (κ2) is 10.5. The van der Waals surface area contributed by atoms with Crippen molar-refractivity contribution in [2.45, 2.75) is 39.0 Å². The van der Waals surface area contributed by atoms with Crippen molar-refractivity contribution in [1.82, 2.24) is 5.32 Å². The zero-order valence-corrected chi connectivity index (χ0v) is 9.39. The molecule has 1 heterocycles. The van der Waals surface area contributed by atoms with Gasteiger partial charge in [-0.3, -0.25) is 0 Å². The van der Waals surface area contributed by atoms with Gasteiger partial charge in [0.2, 0.25) is 0 Å². The largest absolute Gasteiger partial charge is 0.317 e. The predicted octanol–water partition coefficient (Wildman–Crippen LogP) is 3.00. The molecule has 2 N–H and O–H groups in total. The smallest absolute Gasteiger partial charge is 0.00463 e. The Morgan fingerprint density at radius 3 is 2.50 bits per heavy atom. The fourth-order valence-corrected chi connectivity index (χ4v) is 1.72. The molecule has 14 heavy (non-hydrogen) atoms. The predicted molar refractivity (Wildman–Crippen MR) is 64.1 cm³/mol. The minimum absolute atomic E-state index is 0.996. The minimum atomic E-state index is 0.996. The highest BCUT2D eigenvalue weighted by atomic mass is 14.9. The minimum Gasteiger partial charge on any atom is -0.317 e. The lowest BCUT2D eigenvalue weighted by Crippen LogP contribution is -2.27. The van der Waals surface area contributed by atoms with E-state index in [9.17, 15) is 0 Å². The summed E-state index contributed by atoms with van der Waals surface area (Å²) >= 11 is 0. The number of hydrogen-bond donors (Lipinski definition) is 2. The molecule has 0 unspecified atom stereocenters. The van der Waals surface area contributed by atoms with Crippen LogP contribution in [0, 0.1) is 11.3 Å². The molecule has 0 radical (unpaired) electrons. The van der Waals surface area contributed by atoms with E-state index in [1.54, 1.807) is 6.92 Å². The third kappa shape index (κ3) is 7.99. The van der Waals surface area contributed by atoms with Gasteiger partial charge in [0.1, 0.15) is 0 Å². The number of hydrogen-bond acceptors (Lipinski definition) is 2. The summed E-state index contributed by atoms with van der Waals surface area (Å²) < 4.78 is 0. The van der Waals surface area contributed by atoms with Gasteiger partial charge in [0, 0.05) is 0 Å². The molecule has 82 valence electrons. The summed E-state index contributed by atoms with van der Waals surface area (Å²) in [6.45, 7) is 7.87. The molecule has 0 saturated carbocycles. The lowest BCUT2D eigenvalue weighted by atomic mass is 9.93. The van der Waals surface area contributed by atoms with Gasteiger partial charge in [0.25, 0.3) is 0 Å². The van der Waals surface area contributed by atoms with Gasteiger partial charge in [0.15, 0.2) is 0 Å². The molecule has 1 saturated heterocycles. The zero-order valence-electron chi connectivity index (χ0n) is 9.39. The molecular weight excluding hydrogens is 172 g/mol. The van der Waals surface area contributed by atoms with Crippen molar-refractivity contribution in [2.75, 3.05) is 13.1 Å². The number of rotatable bonds is 4. The third-order valence-electron chi connectivity index (χ3n) is 2.48. The van der Waals surface area contributed by atoms with Gasteiger partial charge in [-0.2, -0.15) is 0 Å². The first-order valence-corrected chi connectivity index (χ1v) is 5.61. The van der Waals surface area contributed by atoms with E-state index < -0.39 is 0 Å². The van der Waals surface area contributed by atoms with Crippen molar-refractivity contribution in [1.29, 1.82) is 5.41 Å². The second-order valence-corrected chi connectivity index (χ2v) is 3.70. The molecular formula is C12H24N2. The SMILES string of the molecule is C=CCCCC1CCNCC1.CC=N. The summed E-state index contributed by atoms with van der Waals surface area (Å²) in [5, 5.41) is 9.47. The molecule has 0 bridgehead atoms. The summed E-state index contributed by atoms with van der Waals surface area (Å²) in [6.07, 6.45) is 10.0. The van der Waals surface area contributed by atoms with E-state index in [-0.39, 0.29) is 0 Å². The molecule has 0 amide bonds. The Bertz CT molecular complexity index is 137. The number of nitrogens with one attached hydrogen (secondary N) is 2. The molecule has 0 aromatic rings. The lowest BCUT2D eigenvalue weighted by molar-refractivity contribution is 0.348. The number of allylic oxidation sites excluding steroid dienone is 1.